The first kappa shape index (κ1) is 54.2. The van der Waals surface area contributed by atoms with Gasteiger partial charge in [0.25, 0.3) is 0 Å². The molecule has 0 aromatic heterocycles. The number of aliphatic carboxylic acids is 4. The summed E-state index contributed by atoms with van der Waals surface area (Å²) < 4.78 is 34.7. The van der Waals surface area contributed by atoms with E-state index in [2.05, 4.69) is 4.74 Å². The number of hydrogen-bond acceptors (Lipinski definition) is 25. The van der Waals surface area contributed by atoms with Crippen LogP contribution in [0.5, 0.6) is 0 Å². The zero-order chi connectivity index (χ0) is 36.8. The van der Waals surface area contributed by atoms with E-state index in [9.17, 15) is 90.7 Å². The second-order valence-electron chi connectivity index (χ2n) is 11.2. The first-order valence-electron chi connectivity index (χ1n) is 14.0. The van der Waals surface area contributed by atoms with E-state index >= 15 is 0 Å². The van der Waals surface area contributed by atoms with Crippen LogP contribution in [0.2, 0.25) is 0 Å². The summed E-state index contributed by atoms with van der Waals surface area (Å²) in [7, 11) is 0. The van der Waals surface area contributed by atoms with Crippen molar-refractivity contribution in [3.05, 3.63) is 0 Å². The molecule has 0 spiro atoms. The van der Waals surface area contributed by atoms with Gasteiger partial charge in [-0.25, -0.2) is 0 Å². The van der Waals surface area contributed by atoms with E-state index in [0.717, 1.165) is 0 Å². The number of carboxylic acid groups (broad SMARTS) is 4. The summed E-state index contributed by atoms with van der Waals surface area (Å²) in [6.07, 6.45) is -47.6. The second kappa shape index (κ2) is 22.5. The number of hydrogen-bond donors (Lipinski definition) is 10. The van der Waals surface area contributed by atoms with E-state index in [1.165, 1.54) is 0 Å². The van der Waals surface area contributed by atoms with Crippen molar-refractivity contribution in [1.29, 1.82) is 0 Å². The number of ether oxygens (including phenoxy) is 7. The Kier molecular flexibility index (Phi) is 23.0. The molecule has 0 saturated carbocycles. The summed E-state index contributed by atoms with van der Waals surface area (Å²) in [6.45, 7) is 0. The minimum Gasteiger partial charge on any atom is -0.547 e. The zero-order valence-corrected chi connectivity index (χ0v) is 36.1. The Morgan fingerprint density at radius 3 is 0.943 bits per heavy atom. The molecular formula is C24H30Na4O25. The summed E-state index contributed by atoms with van der Waals surface area (Å²) >= 11 is 0. The van der Waals surface area contributed by atoms with Gasteiger partial charge in [0.1, 0.15) is 97.7 Å². The minimum absolute atomic E-state index is 0. The van der Waals surface area contributed by atoms with Crippen LogP contribution in [0.25, 0.3) is 0 Å². The molecule has 4 rings (SSSR count). The smallest absolute Gasteiger partial charge is 0.547 e. The average Bonchev–Trinajstić information content (AvgIpc) is 3.03. The van der Waals surface area contributed by atoms with Crippen LogP contribution >= 0.6 is 0 Å². The van der Waals surface area contributed by atoms with Crippen molar-refractivity contribution in [2.24, 2.45) is 0 Å². The van der Waals surface area contributed by atoms with Crippen molar-refractivity contribution >= 4 is 23.9 Å². The van der Waals surface area contributed by atoms with Crippen molar-refractivity contribution in [3.63, 3.8) is 0 Å². The monoisotopic (exact) mass is 810 g/mol. The van der Waals surface area contributed by atoms with Crippen molar-refractivity contribution < 1.29 is 242 Å². The van der Waals surface area contributed by atoms with Crippen molar-refractivity contribution in [3.8, 4) is 0 Å². The third-order valence-corrected chi connectivity index (χ3v) is 8.02. The van der Waals surface area contributed by atoms with E-state index in [-0.39, 0.29) is 118 Å². The molecular weight excluding hydrogens is 780 g/mol. The third kappa shape index (κ3) is 11.7. The van der Waals surface area contributed by atoms with Gasteiger partial charge in [-0.15, -0.1) is 0 Å². The number of carbonyl (C=O) groups is 4. The van der Waals surface area contributed by atoms with Gasteiger partial charge in [-0.3, -0.25) is 0 Å². The Bertz CT molecular complexity index is 1240. The van der Waals surface area contributed by atoms with Crippen molar-refractivity contribution in [2.75, 3.05) is 0 Å². The normalized spacial score (nSPS) is 45.5. The molecule has 4 aliphatic rings. The van der Waals surface area contributed by atoms with Crippen molar-refractivity contribution in [1.82, 2.24) is 0 Å². The van der Waals surface area contributed by atoms with Crippen LogP contribution in [-0.4, -0.2) is 198 Å². The molecule has 0 aromatic rings. The summed E-state index contributed by atoms with van der Waals surface area (Å²) in [5, 5.41) is 149. The number of carbonyl (C=O) groups excluding carboxylic acids is 4. The second-order valence-corrected chi connectivity index (χ2v) is 11.2. The number of rotatable bonds is 10. The molecule has 4 heterocycles. The molecule has 0 radical (unpaired) electrons. The molecule has 0 bridgehead atoms. The fraction of sp³-hybridized carbons (Fsp3) is 0.833. The standard InChI is InChI=1S/C24H34O25.4Na/c25-1-2(26)13(17(34)35)47-22(7(1)31)45-11-4(28)9(33)24(49-15(11)19(38)39)46-12-5(29)8(32)23(48-16(12)20(40)41)44-10-3(27)6(30)21(42)43-14(10)18(36)37;;;;/h1-16,21-33,42H,(H,34,35)(H,36,37)(H,38,39)(H,40,41);;;;/q;4*+1/p-4/t1-,2+,3+,4+,5+,6?,7?,8?,9?,10+,11+,12+,13?,14?,15?,16?,21+,22+,23+,24+;;;;/m0..../s1. The Hall–Kier alpha value is 1.20. The Labute approximate surface area is 384 Å². The Morgan fingerprint density at radius 2 is 0.623 bits per heavy atom. The number of aliphatic hydroxyl groups excluding tert-OH is 10. The molecule has 0 amide bonds. The van der Waals surface area contributed by atoms with E-state index in [1.54, 1.807) is 0 Å². The van der Waals surface area contributed by atoms with Gasteiger partial charge in [0.15, 0.2) is 25.2 Å². The summed E-state index contributed by atoms with van der Waals surface area (Å²) in [4.78, 5) is 46.6. The van der Waals surface area contributed by atoms with Gasteiger partial charge < -0.3 is 124 Å². The fourth-order valence-electron chi connectivity index (χ4n) is 5.39. The van der Waals surface area contributed by atoms with Gasteiger partial charge in [0.05, 0.1) is 23.9 Å². The molecule has 4 saturated heterocycles. The molecule has 10 N–H and O–H groups in total. The van der Waals surface area contributed by atoms with E-state index in [4.69, 9.17) is 28.4 Å². The molecule has 0 aliphatic carbocycles. The predicted octanol–water partition coefficient (Wildman–Crippen LogP) is -26.7. The summed E-state index contributed by atoms with van der Waals surface area (Å²) in [5.74, 6) is -8.74. The van der Waals surface area contributed by atoms with Gasteiger partial charge in [0, 0.05) is 0 Å². The van der Waals surface area contributed by atoms with Crippen LogP contribution < -0.4 is 139 Å². The molecule has 280 valence electrons. The van der Waals surface area contributed by atoms with Gasteiger partial charge in [-0.2, -0.15) is 0 Å². The first-order chi connectivity index (χ1) is 22.8. The quantitative estimate of drug-likeness (QED) is 0.0916. The Balaban J connectivity index is 0.00000676. The van der Waals surface area contributed by atoms with E-state index in [0.29, 0.717) is 0 Å². The van der Waals surface area contributed by atoms with E-state index in [1.807, 2.05) is 0 Å². The maximum atomic E-state index is 12.0. The molecule has 0 aromatic carbocycles. The van der Waals surface area contributed by atoms with Crippen molar-refractivity contribution in [2.45, 2.75) is 123 Å². The Morgan fingerprint density at radius 1 is 0.358 bits per heavy atom. The molecule has 4 fully saturated rings. The average molecular weight is 810 g/mol. The van der Waals surface area contributed by atoms with Crippen LogP contribution in [0, 0.1) is 0 Å². The molecule has 53 heavy (non-hydrogen) atoms. The molecule has 4 aliphatic heterocycles. The minimum atomic E-state index is -2.58. The largest absolute Gasteiger partial charge is 1.00 e. The van der Waals surface area contributed by atoms with Gasteiger partial charge >= 0.3 is 118 Å². The van der Waals surface area contributed by atoms with Crippen LogP contribution in [-0.2, 0) is 52.3 Å². The maximum absolute atomic E-state index is 12.0. The number of carboxylic acids is 4. The van der Waals surface area contributed by atoms with Crippen LogP contribution in [0.15, 0.2) is 0 Å². The SMILES string of the molecule is O=C([O-])C1O[C@@H](O[C@H]2C(C(=O)[O-])O[C@@H](O[C@H]3C(C(=O)[O-])O[C@@H](O[C@H]4C(C(=O)[O-])O[C@@H](O)C(O)[C@H]4O)C(O)[C@H]3O)C(O)[C@H]2O)C(O)[C@@H](O)[C@H]1O.[Na+].[Na+].[Na+].[Na+]. The maximum Gasteiger partial charge on any atom is 1.00 e. The van der Waals surface area contributed by atoms with Crippen LogP contribution in [0.3, 0.4) is 0 Å². The van der Waals surface area contributed by atoms with Gasteiger partial charge in [0.2, 0.25) is 0 Å². The van der Waals surface area contributed by atoms with Gasteiger partial charge in [-0.05, 0) is 0 Å². The predicted molar refractivity (Wildman–Crippen MR) is 126 cm³/mol. The number of aliphatic hydroxyl groups is 10. The summed E-state index contributed by atoms with van der Waals surface area (Å²) in [6, 6.07) is 0. The summed E-state index contributed by atoms with van der Waals surface area (Å²) in [5.41, 5.74) is 0. The van der Waals surface area contributed by atoms with E-state index < -0.39 is 147 Å². The molecule has 25 nitrogen and oxygen atoms in total. The van der Waals surface area contributed by atoms with Gasteiger partial charge in [-0.1, -0.05) is 0 Å². The fourth-order valence-corrected chi connectivity index (χ4v) is 5.39. The molecule has 29 heteroatoms. The van der Waals surface area contributed by atoms with Crippen LogP contribution in [0.1, 0.15) is 0 Å². The van der Waals surface area contributed by atoms with Crippen LogP contribution in [0.4, 0.5) is 0 Å². The topological polar surface area (TPSA) is 427 Å². The first-order valence-corrected chi connectivity index (χ1v) is 14.0. The third-order valence-electron chi connectivity index (χ3n) is 8.02. The molecule has 8 unspecified atom stereocenters. The molecule has 20 atom stereocenters. The zero-order valence-electron chi connectivity index (χ0n) is 28.1.